The van der Waals surface area contributed by atoms with Gasteiger partial charge >= 0.3 is 0 Å². The minimum absolute atomic E-state index is 0.470. The number of para-hydroxylation sites is 1. The number of rotatable bonds is 4. The third kappa shape index (κ3) is 2.79. The zero-order valence-corrected chi connectivity index (χ0v) is 13.8. The molecule has 0 unspecified atom stereocenters. The fourth-order valence-electron chi connectivity index (χ4n) is 3.33. The molecule has 6 nitrogen and oxygen atoms in total. The van der Waals surface area contributed by atoms with Crippen LogP contribution in [0.3, 0.4) is 0 Å². The minimum Gasteiger partial charge on any atom is -0.479 e. The van der Waals surface area contributed by atoms with Gasteiger partial charge in [-0.25, -0.2) is 9.67 Å². The molecule has 0 bridgehead atoms. The van der Waals surface area contributed by atoms with Gasteiger partial charge < -0.3 is 10.1 Å². The van der Waals surface area contributed by atoms with Gasteiger partial charge in [-0.2, -0.15) is 4.98 Å². The van der Waals surface area contributed by atoms with E-state index in [0.717, 1.165) is 16.7 Å². The Morgan fingerprint density at radius 3 is 2.79 bits per heavy atom. The quantitative estimate of drug-likeness (QED) is 0.795. The number of aromatic nitrogens is 4. The summed E-state index contributed by atoms with van der Waals surface area (Å²) in [6.45, 7) is 0. The molecule has 1 aromatic carbocycles. The van der Waals surface area contributed by atoms with Crippen LogP contribution in [-0.2, 0) is 0 Å². The van der Waals surface area contributed by atoms with Gasteiger partial charge in [0.05, 0.1) is 18.0 Å². The van der Waals surface area contributed by atoms with Crippen molar-refractivity contribution in [3.8, 4) is 11.7 Å². The monoisotopic (exact) mass is 323 g/mol. The Morgan fingerprint density at radius 2 is 1.96 bits per heavy atom. The summed E-state index contributed by atoms with van der Waals surface area (Å²) in [4.78, 5) is 9.03. The molecule has 0 spiro atoms. The van der Waals surface area contributed by atoms with E-state index < -0.39 is 0 Å². The standard InChI is InChI=1S/C18H21N5O/c1-24-17-14-9-5-6-10-15(14)23(22-17)16-11-12-19-18(21-16)20-13-7-3-2-4-8-13/h5-6,9-13H,2-4,7-8H2,1H3,(H,19,20,21). The van der Waals surface area contributed by atoms with E-state index >= 15 is 0 Å². The first kappa shape index (κ1) is 14.9. The largest absolute Gasteiger partial charge is 0.479 e. The number of hydrogen-bond acceptors (Lipinski definition) is 5. The number of anilines is 1. The van der Waals surface area contributed by atoms with Crippen molar-refractivity contribution < 1.29 is 4.74 Å². The van der Waals surface area contributed by atoms with Gasteiger partial charge in [0, 0.05) is 18.3 Å². The van der Waals surface area contributed by atoms with Crippen molar-refractivity contribution in [2.45, 2.75) is 38.1 Å². The Kier molecular flexibility index (Phi) is 4.02. The van der Waals surface area contributed by atoms with Crippen LogP contribution >= 0.6 is 0 Å². The summed E-state index contributed by atoms with van der Waals surface area (Å²) in [6, 6.07) is 10.3. The summed E-state index contributed by atoms with van der Waals surface area (Å²) in [5.41, 5.74) is 0.969. The lowest BCUT2D eigenvalue weighted by Gasteiger charge is -2.22. The minimum atomic E-state index is 0.470. The van der Waals surface area contributed by atoms with Crippen LogP contribution in [0.15, 0.2) is 36.5 Å². The molecule has 6 heteroatoms. The highest BCUT2D eigenvalue weighted by Gasteiger charge is 2.16. The summed E-state index contributed by atoms with van der Waals surface area (Å²) in [7, 11) is 1.63. The lowest BCUT2D eigenvalue weighted by molar-refractivity contribution is 0.398. The number of fused-ring (bicyclic) bond motifs is 1. The van der Waals surface area contributed by atoms with Crippen molar-refractivity contribution in [3.63, 3.8) is 0 Å². The Balaban J connectivity index is 1.68. The molecule has 1 aliphatic carbocycles. The maximum atomic E-state index is 5.39. The molecule has 124 valence electrons. The lowest BCUT2D eigenvalue weighted by Crippen LogP contribution is -2.23. The normalized spacial score (nSPS) is 15.5. The molecule has 1 fully saturated rings. The molecule has 2 aromatic heterocycles. The zero-order chi connectivity index (χ0) is 16.4. The lowest BCUT2D eigenvalue weighted by atomic mass is 9.96. The van der Waals surface area contributed by atoms with Gasteiger partial charge in [0.25, 0.3) is 0 Å². The van der Waals surface area contributed by atoms with E-state index in [9.17, 15) is 0 Å². The summed E-state index contributed by atoms with van der Waals surface area (Å²) >= 11 is 0. The number of methoxy groups -OCH3 is 1. The summed E-state index contributed by atoms with van der Waals surface area (Å²) in [5.74, 6) is 2.01. The molecular formula is C18H21N5O. The molecule has 1 N–H and O–H groups in total. The molecule has 1 saturated carbocycles. The van der Waals surface area contributed by atoms with Crippen molar-refractivity contribution >= 4 is 16.9 Å². The van der Waals surface area contributed by atoms with Crippen LogP contribution < -0.4 is 10.1 Å². The molecule has 0 amide bonds. The van der Waals surface area contributed by atoms with Gasteiger partial charge in [-0.05, 0) is 25.0 Å². The molecule has 0 aliphatic heterocycles. The second-order valence-corrected chi connectivity index (χ2v) is 6.16. The van der Waals surface area contributed by atoms with Crippen LogP contribution in [0, 0.1) is 0 Å². The first-order chi connectivity index (χ1) is 11.8. The Morgan fingerprint density at radius 1 is 1.12 bits per heavy atom. The molecule has 4 rings (SSSR count). The van der Waals surface area contributed by atoms with Crippen molar-refractivity contribution in [2.24, 2.45) is 0 Å². The fraction of sp³-hybridized carbons (Fsp3) is 0.389. The van der Waals surface area contributed by atoms with Gasteiger partial charge in [-0.1, -0.05) is 31.4 Å². The van der Waals surface area contributed by atoms with Crippen molar-refractivity contribution in [1.29, 1.82) is 0 Å². The highest BCUT2D eigenvalue weighted by atomic mass is 16.5. The van der Waals surface area contributed by atoms with E-state index in [-0.39, 0.29) is 0 Å². The Labute approximate surface area is 140 Å². The van der Waals surface area contributed by atoms with Crippen molar-refractivity contribution in [3.05, 3.63) is 36.5 Å². The van der Waals surface area contributed by atoms with E-state index in [1.165, 1.54) is 32.1 Å². The topological polar surface area (TPSA) is 64.9 Å². The second kappa shape index (κ2) is 6.47. The fourth-order valence-corrected chi connectivity index (χ4v) is 3.33. The van der Waals surface area contributed by atoms with Gasteiger partial charge in [-0.3, -0.25) is 0 Å². The first-order valence-corrected chi connectivity index (χ1v) is 8.47. The van der Waals surface area contributed by atoms with E-state index in [4.69, 9.17) is 4.74 Å². The van der Waals surface area contributed by atoms with E-state index in [1.54, 1.807) is 13.3 Å². The average molecular weight is 323 g/mol. The van der Waals surface area contributed by atoms with E-state index in [0.29, 0.717) is 17.9 Å². The van der Waals surface area contributed by atoms with Gasteiger partial charge in [0.2, 0.25) is 11.8 Å². The predicted molar refractivity (Wildman–Crippen MR) is 93.7 cm³/mol. The van der Waals surface area contributed by atoms with Gasteiger partial charge in [-0.15, -0.1) is 5.10 Å². The average Bonchev–Trinajstić information content (AvgIpc) is 3.02. The summed E-state index contributed by atoms with van der Waals surface area (Å²) in [5, 5.41) is 8.98. The number of benzene rings is 1. The SMILES string of the molecule is COc1nn(-c2ccnc(NC3CCCCC3)n2)c2ccccc12. The van der Waals surface area contributed by atoms with Crippen LogP contribution in [-0.4, -0.2) is 32.9 Å². The molecule has 2 heterocycles. The van der Waals surface area contributed by atoms with Crippen LogP contribution in [0.5, 0.6) is 5.88 Å². The molecular weight excluding hydrogens is 302 g/mol. The smallest absolute Gasteiger partial charge is 0.241 e. The van der Waals surface area contributed by atoms with Crippen LogP contribution in [0.4, 0.5) is 5.95 Å². The first-order valence-electron chi connectivity index (χ1n) is 8.47. The van der Waals surface area contributed by atoms with Crippen LogP contribution in [0.2, 0.25) is 0 Å². The number of nitrogens with one attached hydrogen (secondary N) is 1. The number of ether oxygens (including phenoxy) is 1. The highest BCUT2D eigenvalue weighted by molar-refractivity contribution is 5.85. The predicted octanol–water partition coefficient (Wildman–Crippen LogP) is 3.57. The second-order valence-electron chi connectivity index (χ2n) is 6.16. The highest BCUT2D eigenvalue weighted by Crippen LogP contribution is 2.27. The molecule has 0 atom stereocenters. The Hall–Kier alpha value is -2.63. The molecule has 0 radical (unpaired) electrons. The molecule has 3 aromatic rings. The number of nitrogens with zero attached hydrogens (tertiary/aromatic N) is 4. The summed E-state index contributed by atoms with van der Waals surface area (Å²) in [6.07, 6.45) is 8.03. The van der Waals surface area contributed by atoms with E-state index in [2.05, 4.69) is 20.4 Å². The third-order valence-electron chi connectivity index (χ3n) is 4.54. The van der Waals surface area contributed by atoms with E-state index in [1.807, 2.05) is 35.0 Å². The molecule has 1 aliphatic rings. The van der Waals surface area contributed by atoms with Gasteiger partial charge in [0.1, 0.15) is 0 Å². The van der Waals surface area contributed by atoms with Crippen molar-refractivity contribution in [2.75, 3.05) is 12.4 Å². The zero-order valence-electron chi connectivity index (χ0n) is 13.8. The maximum Gasteiger partial charge on any atom is 0.241 e. The number of hydrogen-bond donors (Lipinski definition) is 1. The Bertz CT molecular complexity index is 838. The van der Waals surface area contributed by atoms with Crippen LogP contribution in [0.25, 0.3) is 16.7 Å². The molecule has 0 saturated heterocycles. The van der Waals surface area contributed by atoms with Crippen molar-refractivity contribution in [1.82, 2.24) is 19.7 Å². The molecule has 24 heavy (non-hydrogen) atoms. The summed E-state index contributed by atoms with van der Waals surface area (Å²) < 4.78 is 7.20. The maximum absolute atomic E-state index is 5.39. The van der Waals surface area contributed by atoms with Crippen LogP contribution in [0.1, 0.15) is 32.1 Å². The third-order valence-corrected chi connectivity index (χ3v) is 4.54. The van der Waals surface area contributed by atoms with Gasteiger partial charge in [0.15, 0.2) is 5.82 Å².